The molecule has 1 aromatic heterocycles. The third-order valence-electron chi connectivity index (χ3n) is 5.47. The van der Waals surface area contributed by atoms with E-state index in [1.165, 1.54) is 11.1 Å². The maximum Gasteiger partial charge on any atom is 0.257 e. The number of fused-ring (bicyclic) bond motifs is 1. The fraction of sp³-hybridized carbons (Fsp3) is 0.273. The largest absolute Gasteiger partial charge is 0.493 e. The molecule has 0 saturated heterocycles. The number of carbonyl (C=O) groups is 1. The summed E-state index contributed by atoms with van der Waals surface area (Å²) < 4.78 is 7.65. The molecule has 5 rings (SSSR count). The predicted molar refractivity (Wildman–Crippen MR) is 103 cm³/mol. The maximum absolute atomic E-state index is 12.8. The number of pyridine rings is 1. The van der Waals surface area contributed by atoms with E-state index in [4.69, 9.17) is 4.74 Å². The van der Waals surface area contributed by atoms with Crippen LogP contribution in [0.5, 0.6) is 5.75 Å². The van der Waals surface area contributed by atoms with E-state index in [9.17, 15) is 9.59 Å². The molecule has 0 spiro atoms. The Kier molecular flexibility index (Phi) is 3.74. The lowest BCUT2D eigenvalue weighted by molar-refractivity contribution is 0.0949. The van der Waals surface area contributed by atoms with Gasteiger partial charge in [-0.3, -0.25) is 9.59 Å². The first-order chi connectivity index (χ1) is 13.2. The standard InChI is InChI=1S/C22H20N2O3/c25-21-17-5-1-3-15-8-9-24(20(15)17)13-18(21)22(26)23-12-14-6-7-19-16(11-14)4-2-10-27-19/h1,3,5-7,11,13H,2,4,8-10,12H2,(H,23,26). The second-order valence-corrected chi connectivity index (χ2v) is 7.21. The van der Waals surface area contributed by atoms with Crippen LogP contribution in [-0.4, -0.2) is 17.1 Å². The molecular formula is C22H20N2O3. The van der Waals surface area contributed by atoms with Crippen molar-refractivity contribution in [2.45, 2.75) is 32.4 Å². The summed E-state index contributed by atoms with van der Waals surface area (Å²) >= 11 is 0. The topological polar surface area (TPSA) is 60.3 Å². The van der Waals surface area contributed by atoms with Crippen molar-refractivity contribution in [3.8, 4) is 5.75 Å². The monoisotopic (exact) mass is 360 g/mol. The first-order valence-electron chi connectivity index (χ1n) is 9.38. The smallest absolute Gasteiger partial charge is 0.257 e. The first-order valence-corrected chi connectivity index (χ1v) is 9.38. The van der Waals surface area contributed by atoms with Crippen molar-refractivity contribution in [1.82, 2.24) is 9.88 Å². The molecule has 0 unspecified atom stereocenters. The van der Waals surface area contributed by atoms with Gasteiger partial charge in [0.1, 0.15) is 11.3 Å². The third-order valence-corrected chi connectivity index (χ3v) is 5.47. The molecule has 3 aromatic rings. The number of nitrogens with zero attached hydrogens (tertiary/aromatic N) is 1. The molecule has 0 bridgehead atoms. The van der Waals surface area contributed by atoms with Crippen LogP contribution in [-0.2, 0) is 25.9 Å². The SMILES string of the molecule is O=C(NCc1ccc2c(c1)CCCO2)c1cn2c3c(cccc3c1=O)CC2. The molecular weight excluding hydrogens is 340 g/mol. The summed E-state index contributed by atoms with van der Waals surface area (Å²) in [5.41, 5.74) is 4.35. The fourth-order valence-electron chi connectivity index (χ4n) is 4.12. The molecule has 2 aliphatic rings. The molecule has 1 amide bonds. The summed E-state index contributed by atoms with van der Waals surface area (Å²) in [7, 11) is 0. The summed E-state index contributed by atoms with van der Waals surface area (Å²) in [6, 6.07) is 11.8. The van der Waals surface area contributed by atoms with E-state index in [0.717, 1.165) is 49.2 Å². The minimum Gasteiger partial charge on any atom is -0.493 e. The Morgan fingerprint density at radius 2 is 2.07 bits per heavy atom. The molecule has 0 fully saturated rings. The summed E-state index contributed by atoms with van der Waals surface area (Å²) in [5.74, 6) is 0.611. The van der Waals surface area contributed by atoms with Crippen LogP contribution in [0.1, 0.15) is 33.5 Å². The third kappa shape index (κ3) is 2.70. The number of ether oxygens (including phenoxy) is 1. The van der Waals surface area contributed by atoms with Crippen LogP contribution in [0.4, 0.5) is 0 Å². The minimum absolute atomic E-state index is 0.193. The van der Waals surface area contributed by atoms with Gasteiger partial charge in [-0.2, -0.15) is 0 Å². The lowest BCUT2D eigenvalue weighted by atomic mass is 10.0. The minimum atomic E-state index is -0.322. The van der Waals surface area contributed by atoms with Gasteiger partial charge in [-0.1, -0.05) is 24.3 Å². The zero-order chi connectivity index (χ0) is 18.4. The Morgan fingerprint density at radius 3 is 3.00 bits per heavy atom. The molecule has 2 aromatic carbocycles. The number of amides is 1. The van der Waals surface area contributed by atoms with Gasteiger partial charge in [0.2, 0.25) is 5.43 Å². The van der Waals surface area contributed by atoms with Crippen molar-refractivity contribution < 1.29 is 9.53 Å². The van der Waals surface area contributed by atoms with E-state index < -0.39 is 0 Å². The number of nitrogens with one attached hydrogen (secondary N) is 1. The molecule has 136 valence electrons. The molecule has 0 atom stereocenters. The molecule has 3 heterocycles. The maximum atomic E-state index is 12.8. The summed E-state index contributed by atoms with van der Waals surface area (Å²) in [6.45, 7) is 1.96. The van der Waals surface area contributed by atoms with Crippen LogP contribution in [0.3, 0.4) is 0 Å². The number of carbonyl (C=O) groups excluding carboxylic acids is 1. The highest BCUT2D eigenvalue weighted by molar-refractivity contribution is 5.98. The van der Waals surface area contributed by atoms with Crippen LogP contribution in [0.25, 0.3) is 10.9 Å². The normalized spacial score (nSPS) is 14.7. The van der Waals surface area contributed by atoms with E-state index in [1.54, 1.807) is 6.20 Å². The van der Waals surface area contributed by atoms with Crippen molar-refractivity contribution in [3.63, 3.8) is 0 Å². The van der Waals surface area contributed by atoms with Gasteiger partial charge in [-0.15, -0.1) is 0 Å². The van der Waals surface area contributed by atoms with Crippen LogP contribution >= 0.6 is 0 Å². The van der Waals surface area contributed by atoms with Gasteiger partial charge in [0.25, 0.3) is 5.91 Å². The summed E-state index contributed by atoms with van der Waals surface area (Å²) in [4.78, 5) is 25.5. The van der Waals surface area contributed by atoms with E-state index in [-0.39, 0.29) is 16.9 Å². The average Bonchev–Trinajstić information content (AvgIpc) is 3.12. The molecule has 2 aliphatic heterocycles. The predicted octanol–water partition coefficient (Wildman–Crippen LogP) is 2.81. The number of benzene rings is 2. The van der Waals surface area contributed by atoms with E-state index in [2.05, 4.69) is 11.4 Å². The Morgan fingerprint density at radius 1 is 1.15 bits per heavy atom. The molecule has 0 saturated carbocycles. The van der Waals surface area contributed by atoms with Crippen LogP contribution in [0.15, 0.2) is 47.4 Å². The first kappa shape index (κ1) is 16.1. The van der Waals surface area contributed by atoms with Gasteiger partial charge in [0.15, 0.2) is 0 Å². The number of hydrogen-bond acceptors (Lipinski definition) is 3. The fourth-order valence-corrected chi connectivity index (χ4v) is 4.12. The van der Waals surface area contributed by atoms with Crippen molar-refractivity contribution in [2.24, 2.45) is 0 Å². The van der Waals surface area contributed by atoms with Gasteiger partial charge < -0.3 is 14.6 Å². The van der Waals surface area contributed by atoms with E-state index >= 15 is 0 Å². The number of aryl methyl sites for hydroxylation is 3. The van der Waals surface area contributed by atoms with E-state index in [0.29, 0.717) is 11.9 Å². The second-order valence-electron chi connectivity index (χ2n) is 7.21. The Balaban J connectivity index is 1.41. The van der Waals surface area contributed by atoms with Crippen molar-refractivity contribution in [2.75, 3.05) is 6.61 Å². The lowest BCUT2D eigenvalue weighted by Gasteiger charge is -2.18. The highest BCUT2D eigenvalue weighted by atomic mass is 16.5. The average molecular weight is 360 g/mol. The Hall–Kier alpha value is -3.08. The number of rotatable bonds is 3. The lowest BCUT2D eigenvalue weighted by Crippen LogP contribution is -2.29. The van der Waals surface area contributed by atoms with Crippen LogP contribution in [0.2, 0.25) is 0 Å². The number of aromatic nitrogens is 1. The zero-order valence-electron chi connectivity index (χ0n) is 15.0. The van der Waals surface area contributed by atoms with Gasteiger partial charge in [-0.25, -0.2) is 0 Å². The number of para-hydroxylation sites is 1. The zero-order valence-corrected chi connectivity index (χ0v) is 15.0. The summed E-state index contributed by atoms with van der Waals surface area (Å²) in [5, 5.41) is 3.53. The molecule has 0 aliphatic carbocycles. The second kappa shape index (κ2) is 6.27. The van der Waals surface area contributed by atoms with Gasteiger partial charge in [-0.05, 0) is 48.1 Å². The highest BCUT2D eigenvalue weighted by Crippen LogP contribution is 2.26. The highest BCUT2D eigenvalue weighted by Gasteiger charge is 2.20. The molecule has 0 radical (unpaired) electrons. The quantitative estimate of drug-likeness (QED) is 0.781. The van der Waals surface area contributed by atoms with Crippen LogP contribution in [0, 0.1) is 0 Å². The molecule has 5 nitrogen and oxygen atoms in total. The number of hydrogen-bond donors (Lipinski definition) is 1. The van der Waals surface area contributed by atoms with Gasteiger partial charge in [0, 0.05) is 24.7 Å². The van der Waals surface area contributed by atoms with Crippen LogP contribution < -0.4 is 15.5 Å². The molecule has 27 heavy (non-hydrogen) atoms. The van der Waals surface area contributed by atoms with Crippen molar-refractivity contribution in [1.29, 1.82) is 0 Å². The van der Waals surface area contributed by atoms with Gasteiger partial charge >= 0.3 is 0 Å². The molecule has 5 heteroatoms. The van der Waals surface area contributed by atoms with Gasteiger partial charge in [0.05, 0.1) is 12.1 Å². The van der Waals surface area contributed by atoms with Crippen molar-refractivity contribution in [3.05, 3.63) is 75.1 Å². The summed E-state index contributed by atoms with van der Waals surface area (Å²) in [6.07, 6.45) is 4.62. The molecule has 1 N–H and O–H groups in total. The Labute approximate surface area is 156 Å². The Bertz CT molecular complexity index is 1130. The van der Waals surface area contributed by atoms with Crippen molar-refractivity contribution >= 4 is 16.8 Å². The van der Waals surface area contributed by atoms with E-state index in [1.807, 2.05) is 34.9 Å².